The van der Waals surface area contributed by atoms with Crippen LogP contribution in [0.1, 0.15) is 31.7 Å². The zero-order valence-corrected chi connectivity index (χ0v) is 20.5. The summed E-state index contributed by atoms with van der Waals surface area (Å²) in [5.41, 5.74) is 3.60. The molecule has 10 heteroatoms. The molecular weight excluding hydrogens is 460 g/mol. The monoisotopic (exact) mass is 486 g/mol. The van der Waals surface area contributed by atoms with Gasteiger partial charge in [-0.05, 0) is 54.3 Å². The molecule has 0 saturated carbocycles. The molecule has 0 bridgehead atoms. The number of anilines is 1. The largest absolute Gasteiger partial charge is 0.436 e. The zero-order valence-electron chi connectivity index (χ0n) is 20.5. The SMILES string of the molecule is CCC(C)c1ccc2oc(-c3ccc(NC(=O)Cn4cnc5c4c(=O)n(C)c(=O)n5C)cc3)nc2c1. The lowest BCUT2D eigenvalue weighted by Gasteiger charge is -2.08. The Morgan fingerprint density at radius 1 is 1.08 bits per heavy atom. The van der Waals surface area contributed by atoms with Gasteiger partial charge in [-0.25, -0.2) is 14.8 Å². The first-order valence-electron chi connectivity index (χ1n) is 11.7. The Balaban J connectivity index is 1.33. The van der Waals surface area contributed by atoms with Gasteiger partial charge in [0.05, 0.1) is 6.33 Å². The fourth-order valence-corrected chi connectivity index (χ4v) is 4.18. The summed E-state index contributed by atoms with van der Waals surface area (Å²) in [7, 11) is 2.93. The highest BCUT2D eigenvalue weighted by Gasteiger charge is 2.16. The zero-order chi connectivity index (χ0) is 25.6. The van der Waals surface area contributed by atoms with Crippen molar-refractivity contribution in [3.63, 3.8) is 0 Å². The van der Waals surface area contributed by atoms with Crippen LogP contribution in [0.15, 0.2) is 62.8 Å². The van der Waals surface area contributed by atoms with Crippen LogP contribution in [0.25, 0.3) is 33.7 Å². The van der Waals surface area contributed by atoms with Crippen LogP contribution < -0.4 is 16.6 Å². The van der Waals surface area contributed by atoms with Crippen LogP contribution in [-0.2, 0) is 25.4 Å². The Labute approximate surface area is 205 Å². The number of hydrogen-bond acceptors (Lipinski definition) is 6. The summed E-state index contributed by atoms with van der Waals surface area (Å²) < 4.78 is 9.64. The van der Waals surface area contributed by atoms with Gasteiger partial charge in [0, 0.05) is 25.3 Å². The summed E-state index contributed by atoms with van der Waals surface area (Å²) in [6.07, 6.45) is 2.44. The maximum absolute atomic E-state index is 12.7. The second kappa shape index (κ2) is 8.95. The quantitative estimate of drug-likeness (QED) is 0.393. The van der Waals surface area contributed by atoms with E-state index in [0.29, 0.717) is 17.5 Å². The fourth-order valence-electron chi connectivity index (χ4n) is 4.18. The molecule has 5 rings (SSSR count). The van der Waals surface area contributed by atoms with Crippen LogP contribution in [0.2, 0.25) is 0 Å². The van der Waals surface area contributed by atoms with Crippen molar-refractivity contribution in [1.29, 1.82) is 0 Å². The lowest BCUT2D eigenvalue weighted by atomic mass is 9.98. The van der Waals surface area contributed by atoms with Crippen molar-refractivity contribution in [3.8, 4) is 11.5 Å². The minimum Gasteiger partial charge on any atom is -0.436 e. The van der Waals surface area contributed by atoms with Crippen LogP contribution in [0.5, 0.6) is 0 Å². The number of aryl methyl sites for hydroxylation is 1. The summed E-state index contributed by atoms with van der Waals surface area (Å²) >= 11 is 0. The van der Waals surface area contributed by atoms with Gasteiger partial charge in [-0.2, -0.15) is 0 Å². The van der Waals surface area contributed by atoms with E-state index >= 15 is 0 Å². The van der Waals surface area contributed by atoms with E-state index in [-0.39, 0.29) is 23.6 Å². The van der Waals surface area contributed by atoms with E-state index in [4.69, 9.17) is 4.42 Å². The number of nitrogens with zero attached hydrogens (tertiary/aromatic N) is 5. The maximum Gasteiger partial charge on any atom is 0.332 e. The summed E-state index contributed by atoms with van der Waals surface area (Å²) in [4.78, 5) is 46.1. The van der Waals surface area contributed by atoms with Gasteiger partial charge >= 0.3 is 5.69 Å². The highest BCUT2D eigenvalue weighted by atomic mass is 16.3. The molecule has 0 aliphatic heterocycles. The third-order valence-corrected chi connectivity index (χ3v) is 6.54. The summed E-state index contributed by atoms with van der Waals surface area (Å²) in [6.45, 7) is 4.22. The van der Waals surface area contributed by atoms with E-state index in [2.05, 4.69) is 41.3 Å². The van der Waals surface area contributed by atoms with Crippen LogP contribution in [0, 0.1) is 0 Å². The van der Waals surface area contributed by atoms with Crippen molar-refractivity contribution in [2.45, 2.75) is 32.7 Å². The predicted octanol–water partition coefficient (Wildman–Crippen LogP) is 3.39. The molecule has 5 aromatic rings. The van der Waals surface area contributed by atoms with E-state index in [1.807, 2.05) is 18.2 Å². The van der Waals surface area contributed by atoms with Gasteiger partial charge in [0.25, 0.3) is 5.56 Å². The van der Waals surface area contributed by atoms with Gasteiger partial charge in [0.15, 0.2) is 16.7 Å². The number of carbonyl (C=O) groups excluding carboxylic acids is 1. The standard InChI is InChI=1S/C26H26N6O4/c1-5-15(2)17-8-11-20-19(12-17)29-24(36-20)16-6-9-18(10-7-16)28-21(33)13-32-14-27-23-22(32)25(34)31(4)26(35)30(23)3/h6-12,14-15H,5,13H2,1-4H3,(H,28,33). The number of benzene rings is 2. The van der Waals surface area contributed by atoms with Gasteiger partial charge in [-0.15, -0.1) is 0 Å². The minimum absolute atomic E-state index is 0.130. The van der Waals surface area contributed by atoms with E-state index in [9.17, 15) is 14.4 Å². The molecule has 184 valence electrons. The fraction of sp³-hybridized carbons (Fsp3) is 0.269. The van der Waals surface area contributed by atoms with Crippen LogP contribution in [0.4, 0.5) is 5.69 Å². The number of imidazole rings is 1. The minimum atomic E-state index is -0.502. The predicted molar refractivity (Wildman–Crippen MR) is 137 cm³/mol. The molecule has 2 aromatic carbocycles. The Hall–Kier alpha value is -4.47. The second-order valence-corrected chi connectivity index (χ2v) is 8.93. The van der Waals surface area contributed by atoms with Gasteiger partial charge in [0.1, 0.15) is 12.1 Å². The number of amides is 1. The molecule has 36 heavy (non-hydrogen) atoms. The van der Waals surface area contributed by atoms with Crippen molar-refractivity contribution >= 4 is 33.9 Å². The summed E-state index contributed by atoms with van der Waals surface area (Å²) in [5, 5.41) is 2.82. The molecule has 0 saturated heterocycles. The third-order valence-electron chi connectivity index (χ3n) is 6.54. The lowest BCUT2D eigenvalue weighted by molar-refractivity contribution is -0.116. The summed E-state index contributed by atoms with van der Waals surface area (Å²) in [5.74, 6) is 0.626. The molecule has 0 aliphatic rings. The Bertz CT molecular complexity index is 1720. The first kappa shape index (κ1) is 23.3. The average Bonchev–Trinajstić information content (AvgIpc) is 3.50. The maximum atomic E-state index is 12.7. The van der Waals surface area contributed by atoms with Gasteiger partial charge in [-0.1, -0.05) is 19.9 Å². The number of rotatable bonds is 6. The van der Waals surface area contributed by atoms with E-state index in [0.717, 1.165) is 27.7 Å². The van der Waals surface area contributed by atoms with E-state index in [1.165, 1.54) is 35.1 Å². The van der Waals surface area contributed by atoms with Crippen LogP contribution in [0.3, 0.4) is 0 Å². The normalized spacial score (nSPS) is 12.3. The summed E-state index contributed by atoms with van der Waals surface area (Å²) in [6, 6.07) is 13.3. The van der Waals surface area contributed by atoms with Crippen LogP contribution in [-0.4, -0.2) is 29.6 Å². The number of nitrogens with one attached hydrogen (secondary N) is 1. The number of carbonyl (C=O) groups is 1. The molecule has 1 atom stereocenters. The number of hydrogen-bond donors (Lipinski definition) is 1. The third kappa shape index (κ3) is 4.00. The molecule has 1 N–H and O–H groups in total. The molecule has 3 aromatic heterocycles. The molecular formula is C26H26N6O4. The first-order valence-corrected chi connectivity index (χ1v) is 11.7. The molecule has 1 amide bonds. The topological polar surface area (TPSA) is 117 Å². The van der Waals surface area contributed by atoms with Crippen molar-refractivity contribution in [1.82, 2.24) is 23.7 Å². The molecule has 3 heterocycles. The van der Waals surface area contributed by atoms with Crippen molar-refractivity contribution in [2.24, 2.45) is 14.1 Å². The van der Waals surface area contributed by atoms with Crippen LogP contribution >= 0.6 is 0 Å². The second-order valence-electron chi connectivity index (χ2n) is 8.93. The Kier molecular flexibility index (Phi) is 5.79. The number of oxazole rings is 1. The van der Waals surface area contributed by atoms with Crippen molar-refractivity contribution in [3.05, 3.63) is 75.2 Å². The van der Waals surface area contributed by atoms with Crippen molar-refractivity contribution in [2.75, 3.05) is 5.32 Å². The number of fused-ring (bicyclic) bond motifs is 2. The lowest BCUT2D eigenvalue weighted by Crippen LogP contribution is -2.37. The molecule has 0 radical (unpaired) electrons. The highest BCUT2D eigenvalue weighted by molar-refractivity contribution is 5.91. The average molecular weight is 487 g/mol. The Morgan fingerprint density at radius 3 is 2.56 bits per heavy atom. The van der Waals surface area contributed by atoms with Gasteiger partial charge in [-0.3, -0.25) is 18.7 Å². The van der Waals surface area contributed by atoms with Crippen molar-refractivity contribution < 1.29 is 9.21 Å². The molecule has 1 unspecified atom stereocenters. The number of aromatic nitrogens is 5. The molecule has 0 aliphatic carbocycles. The molecule has 0 fully saturated rings. The van der Waals surface area contributed by atoms with E-state index in [1.54, 1.807) is 12.1 Å². The van der Waals surface area contributed by atoms with Gasteiger partial charge < -0.3 is 14.3 Å². The molecule has 10 nitrogen and oxygen atoms in total. The highest BCUT2D eigenvalue weighted by Crippen LogP contribution is 2.28. The smallest absolute Gasteiger partial charge is 0.332 e. The van der Waals surface area contributed by atoms with E-state index < -0.39 is 11.2 Å². The van der Waals surface area contributed by atoms with Gasteiger partial charge in [0.2, 0.25) is 11.8 Å². The first-order chi connectivity index (χ1) is 17.3. The molecule has 0 spiro atoms. The Morgan fingerprint density at radius 2 is 1.83 bits per heavy atom.